The first-order valence-electron chi connectivity index (χ1n) is 7.57. The van der Waals surface area contributed by atoms with Crippen LogP contribution in [0.1, 0.15) is 29.3 Å². The van der Waals surface area contributed by atoms with Crippen molar-refractivity contribution in [1.82, 2.24) is 20.0 Å². The Morgan fingerprint density at radius 1 is 1.55 bits per heavy atom. The minimum Gasteiger partial charge on any atom is -0.338 e. The molecule has 5 nitrogen and oxygen atoms in total. The highest BCUT2D eigenvalue weighted by Gasteiger charge is 2.37. The van der Waals surface area contributed by atoms with Gasteiger partial charge in [-0.15, -0.1) is 11.3 Å². The molecule has 22 heavy (non-hydrogen) atoms. The van der Waals surface area contributed by atoms with Crippen molar-refractivity contribution in [3.8, 4) is 0 Å². The fraction of sp³-hybridized carbons (Fsp3) is 0.500. The van der Waals surface area contributed by atoms with Crippen molar-refractivity contribution in [3.63, 3.8) is 0 Å². The topological polar surface area (TPSA) is 50.2 Å². The summed E-state index contributed by atoms with van der Waals surface area (Å²) in [5, 5.41) is 9.65. The molecule has 1 amide bonds. The van der Waals surface area contributed by atoms with Gasteiger partial charge in [0, 0.05) is 44.2 Å². The standard InChI is InChI=1S/C16H22N4OS/c1-11(15-5-4-6-22-15)20(3)16(21)14-9-17-8-13(14)12-7-18-19(2)10-12/h4-7,10-11,13-14,17H,8-9H2,1-3H3/t11?,13-,14+/m1/s1. The van der Waals surface area contributed by atoms with Crippen molar-refractivity contribution in [1.29, 1.82) is 0 Å². The number of hydrogen-bond acceptors (Lipinski definition) is 4. The number of carbonyl (C=O) groups excluding carboxylic acids is 1. The molecule has 1 aliphatic rings. The van der Waals surface area contributed by atoms with Crippen LogP contribution in [0.25, 0.3) is 0 Å². The zero-order valence-corrected chi connectivity index (χ0v) is 14.0. The van der Waals surface area contributed by atoms with Crippen LogP contribution in [0, 0.1) is 5.92 Å². The van der Waals surface area contributed by atoms with Crippen LogP contribution in [-0.4, -0.2) is 40.7 Å². The molecule has 0 aliphatic carbocycles. The molecule has 2 aromatic heterocycles. The van der Waals surface area contributed by atoms with Crippen LogP contribution in [-0.2, 0) is 11.8 Å². The van der Waals surface area contributed by atoms with E-state index in [1.807, 2.05) is 37.5 Å². The van der Waals surface area contributed by atoms with Crippen LogP contribution in [0.15, 0.2) is 29.9 Å². The molecule has 1 fully saturated rings. The van der Waals surface area contributed by atoms with E-state index in [1.165, 1.54) is 4.88 Å². The van der Waals surface area contributed by atoms with Gasteiger partial charge in [-0.05, 0) is 23.9 Å². The molecule has 0 saturated carbocycles. The number of aromatic nitrogens is 2. The smallest absolute Gasteiger partial charge is 0.227 e. The van der Waals surface area contributed by atoms with Crippen LogP contribution in [0.2, 0.25) is 0 Å². The van der Waals surface area contributed by atoms with E-state index in [1.54, 1.807) is 16.0 Å². The number of hydrogen-bond donors (Lipinski definition) is 1. The van der Waals surface area contributed by atoms with E-state index >= 15 is 0 Å². The van der Waals surface area contributed by atoms with Crippen molar-refractivity contribution in [2.45, 2.75) is 18.9 Å². The zero-order chi connectivity index (χ0) is 15.7. The highest BCUT2D eigenvalue weighted by Crippen LogP contribution is 2.32. The predicted molar refractivity (Wildman–Crippen MR) is 87.8 cm³/mol. The summed E-state index contributed by atoms with van der Waals surface area (Å²) in [6.45, 7) is 3.66. The van der Waals surface area contributed by atoms with Crippen molar-refractivity contribution >= 4 is 17.2 Å². The lowest BCUT2D eigenvalue weighted by molar-refractivity contribution is -0.135. The summed E-state index contributed by atoms with van der Waals surface area (Å²) in [6.07, 6.45) is 3.89. The van der Waals surface area contributed by atoms with Gasteiger partial charge in [0.05, 0.1) is 18.2 Å². The third-order valence-electron chi connectivity index (χ3n) is 4.57. The normalized spacial score (nSPS) is 22.7. The first-order valence-corrected chi connectivity index (χ1v) is 8.45. The fourth-order valence-corrected chi connectivity index (χ4v) is 3.92. The maximum Gasteiger partial charge on any atom is 0.227 e. The van der Waals surface area contributed by atoms with Crippen molar-refractivity contribution in [2.24, 2.45) is 13.0 Å². The van der Waals surface area contributed by atoms with E-state index in [-0.39, 0.29) is 23.8 Å². The van der Waals surface area contributed by atoms with Gasteiger partial charge in [0.1, 0.15) is 0 Å². The highest BCUT2D eigenvalue weighted by atomic mass is 32.1. The quantitative estimate of drug-likeness (QED) is 0.938. The van der Waals surface area contributed by atoms with Gasteiger partial charge in [-0.1, -0.05) is 6.07 Å². The van der Waals surface area contributed by atoms with Crippen molar-refractivity contribution < 1.29 is 4.79 Å². The molecule has 3 atom stereocenters. The van der Waals surface area contributed by atoms with Gasteiger partial charge in [-0.2, -0.15) is 5.10 Å². The lowest BCUT2D eigenvalue weighted by atomic mass is 9.89. The molecule has 1 saturated heterocycles. The lowest BCUT2D eigenvalue weighted by Gasteiger charge is -2.28. The molecular formula is C16H22N4OS. The molecule has 0 spiro atoms. The van der Waals surface area contributed by atoms with Gasteiger partial charge in [0.2, 0.25) is 5.91 Å². The zero-order valence-electron chi connectivity index (χ0n) is 13.2. The molecule has 1 aliphatic heterocycles. The molecule has 0 bridgehead atoms. The summed E-state index contributed by atoms with van der Waals surface area (Å²) in [5.74, 6) is 0.399. The Labute approximate surface area is 134 Å². The number of amides is 1. The molecule has 0 radical (unpaired) electrons. The Balaban J connectivity index is 1.75. The molecule has 118 valence electrons. The van der Waals surface area contributed by atoms with Gasteiger partial charge in [-0.3, -0.25) is 9.48 Å². The highest BCUT2D eigenvalue weighted by molar-refractivity contribution is 7.10. The lowest BCUT2D eigenvalue weighted by Crippen LogP contribution is -2.37. The molecule has 2 aromatic rings. The summed E-state index contributed by atoms with van der Waals surface area (Å²) in [4.78, 5) is 16.0. The van der Waals surface area contributed by atoms with Gasteiger partial charge in [0.25, 0.3) is 0 Å². The van der Waals surface area contributed by atoms with Crippen LogP contribution in [0.5, 0.6) is 0 Å². The maximum atomic E-state index is 12.9. The van der Waals surface area contributed by atoms with Crippen molar-refractivity contribution in [3.05, 3.63) is 40.3 Å². The Hall–Kier alpha value is -1.66. The van der Waals surface area contributed by atoms with E-state index in [9.17, 15) is 4.79 Å². The largest absolute Gasteiger partial charge is 0.338 e. The number of nitrogens with zero attached hydrogens (tertiary/aromatic N) is 3. The van der Waals surface area contributed by atoms with E-state index in [4.69, 9.17) is 0 Å². The Bertz CT molecular complexity index is 636. The average Bonchev–Trinajstić information content (AvgIpc) is 3.24. The second-order valence-electron chi connectivity index (χ2n) is 5.96. The van der Waals surface area contributed by atoms with Gasteiger partial charge >= 0.3 is 0 Å². The molecule has 1 unspecified atom stereocenters. The number of rotatable bonds is 4. The van der Waals surface area contributed by atoms with E-state index in [2.05, 4.69) is 28.8 Å². The number of thiophene rings is 1. The molecule has 1 N–H and O–H groups in total. The molecule has 0 aromatic carbocycles. The first kappa shape index (κ1) is 15.2. The Kier molecular flexibility index (Phi) is 4.31. The monoisotopic (exact) mass is 318 g/mol. The fourth-order valence-electron chi connectivity index (χ4n) is 3.09. The van der Waals surface area contributed by atoms with Gasteiger partial charge in [0.15, 0.2) is 0 Å². The van der Waals surface area contributed by atoms with Crippen LogP contribution < -0.4 is 5.32 Å². The SMILES string of the molecule is CC(c1cccs1)N(C)C(=O)[C@H]1CNC[C@@H]1c1cnn(C)c1. The molecule has 3 heterocycles. The Morgan fingerprint density at radius 3 is 3.00 bits per heavy atom. The van der Waals surface area contributed by atoms with E-state index in [0.29, 0.717) is 0 Å². The maximum absolute atomic E-state index is 12.9. The van der Waals surface area contributed by atoms with Crippen molar-refractivity contribution in [2.75, 3.05) is 20.1 Å². The summed E-state index contributed by atoms with van der Waals surface area (Å²) < 4.78 is 1.80. The van der Waals surface area contributed by atoms with Crippen LogP contribution in [0.4, 0.5) is 0 Å². The second-order valence-corrected chi connectivity index (χ2v) is 6.94. The van der Waals surface area contributed by atoms with Gasteiger partial charge in [-0.25, -0.2) is 0 Å². The minimum atomic E-state index is -0.0170. The van der Waals surface area contributed by atoms with Crippen LogP contribution in [0.3, 0.4) is 0 Å². The average molecular weight is 318 g/mol. The summed E-state index contributed by atoms with van der Waals surface area (Å²) >= 11 is 1.70. The van der Waals surface area contributed by atoms with Gasteiger partial charge < -0.3 is 10.2 Å². The molecule has 3 rings (SSSR count). The molecule has 6 heteroatoms. The first-order chi connectivity index (χ1) is 10.6. The number of carbonyl (C=O) groups is 1. The summed E-state index contributed by atoms with van der Waals surface area (Å²) in [6, 6.07) is 4.23. The minimum absolute atomic E-state index is 0.0170. The number of nitrogens with one attached hydrogen (secondary N) is 1. The summed E-state index contributed by atoms with van der Waals surface area (Å²) in [5.41, 5.74) is 1.14. The second kappa shape index (κ2) is 6.22. The van der Waals surface area contributed by atoms with E-state index in [0.717, 1.165) is 18.7 Å². The Morgan fingerprint density at radius 2 is 2.36 bits per heavy atom. The molecular weight excluding hydrogens is 296 g/mol. The van der Waals surface area contributed by atoms with E-state index < -0.39 is 0 Å². The predicted octanol–water partition coefficient (Wildman–Crippen LogP) is 2.00. The number of aryl methyl sites for hydroxylation is 1. The third kappa shape index (κ3) is 2.80. The summed E-state index contributed by atoms with van der Waals surface area (Å²) in [7, 11) is 3.82. The van der Waals surface area contributed by atoms with Crippen LogP contribution >= 0.6 is 11.3 Å². The third-order valence-corrected chi connectivity index (χ3v) is 5.61.